The molecule has 20 heavy (non-hydrogen) atoms. The van der Waals surface area contributed by atoms with E-state index in [1.807, 2.05) is 6.92 Å². The van der Waals surface area contributed by atoms with Gasteiger partial charge in [-0.3, -0.25) is 4.79 Å². The molecule has 0 aliphatic carbocycles. The lowest BCUT2D eigenvalue weighted by atomic mass is 10.3. The number of rotatable bonds is 6. The number of carbonyl (C=O) groups excluding carboxylic acids is 1. The number of likely N-dealkylation sites (tertiary alicyclic amines) is 1. The van der Waals surface area contributed by atoms with E-state index in [1.165, 1.54) is 19.8 Å². The van der Waals surface area contributed by atoms with E-state index in [0.717, 1.165) is 31.0 Å². The van der Waals surface area contributed by atoms with Crippen LogP contribution >= 0.6 is 11.3 Å². The number of carboxylic acid groups (broad SMARTS) is 1. The van der Waals surface area contributed by atoms with Crippen LogP contribution in [0.1, 0.15) is 46.8 Å². The van der Waals surface area contributed by atoms with Crippen molar-refractivity contribution in [3.8, 4) is 0 Å². The third-order valence-electron chi connectivity index (χ3n) is 3.25. The molecule has 110 valence electrons. The molecule has 1 fully saturated rings. The molecule has 0 aromatic carbocycles. The molecular formula is C13H19N3O3S. The highest BCUT2D eigenvalue weighted by Crippen LogP contribution is 2.24. The number of thiazole rings is 1. The van der Waals surface area contributed by atoms with Gasteiger partial charge in [-0.05, 0) is 32.9 Å². The number of nitrogens with zero attached hydrogens (tertiary/aromatic N) is 2. The van der Waals surface area contributed by atoms with Crippen LogP contribution in [0, 0.1) is 0 Å². The first-order valence-corrected chi connectivity index (χ1v) is 7.53. The molecule has 7 heteroatoms. The number of carbonyl (C=O) groups is 2. The van der Waals surface area contributed by atoms with Gasteiger partial charge in [0.2, 0.25) is 0 Å². The molecule has 1 atom stereocenters. The molecule has 0 spiro atoms. The molecule has 0 radical (unpaired) electrons. The number of ketones is 1. The van der Waals surface area contributed by atoms with Crippen LogP contribution in [0.5, 0.6) is 0 Å². The van der Waals surface area contributed by atoms with Crippen LogP contribution in [0.2, 0.25) is 0 Å². The van der Waals surface area contributed by atoms with Crippen molar-refractivity contribution < 1.29 is 14.7 Å². The molecular weight excluding hydrogens is 278 g/mol. The van der Waals surface area contributed by atoms with Gasteiger partial charge in [-0.15, -0.1) is 0 Å². The average Bonchev–Trinajstić information content (AvgIpc) is 2.97. The Morgan fingerprint density at radius 1 is 1.45 bits per heavy atom. The molecule has 1 aromatic rings. The zero-order valence-electron chi connectivity index (χ0n) is 11.7. The van der Waals surface area contributed by atoms with Crippen LogP contribution in [-0.4, -0.2) is 52.4 Å². The van der Waals surface area contributed by atoms with Gasteiger partial charge in [-0.1, -0.05) is 11.3 Å². The summed E-state index contributed by atoms with van der Waals surface area (Å²) in [5, 5.41) is 12.7. The van der Waals surface area contributed by atoms with Gasteiger partial charge in [-0.2, -0.15) is 0 Å². The van der Waals surface area contributed by atoms with Crippen molar-refractivity contribution >= 4 is 28.2 Å². The van der Waals surface area contributed by atoms with Gasteiger partial charge in [0.15, 0.2) is 16.6 Å². The van der Waals surface area contributed by atoms with Gasteiger partial charge in [0.1, 0.15) is 4.88 Å². The molecule has 2 N–H and O–H groups in total. The van der Waals surface area contributed by atoms with E-state index in [0.29, 0.717) is 5.13 Å². The molecule has 2 rings (SSSR count). The number of anilines is 1. The van der Waals surface area contributed by atoms with Gasteiger partial charge in [0.25, 0.3) is 0 Å². The maximum atomic E-state index is 11.4. The molecule has 1 unspecified atom stereocenters. The zero-order valence-corrected chi connectivity index (χ0v) is 12.5. The minimum Gasteiger partial charge on any atom is -0.476 e. The Morgan fingerprint density at radius 3 is 2.60 bits per heavy atom. The van der Waals surface area contributed by atoms with Crippen molar-refractivity contribution in [2.24, 2.45) is 0 Å². The van der Waals surface area contributed by atoms with Crippen molar-refractivity contribution in [2.45, 2.75) is 32.7 Å². The summed E-state index contributed by atoms with van der Waals surface area (Å²) in [4.78, 5) is 29.1. The number of carboxylic acids is 1. The summed E-state index contributed by atoms with van der Waals surface area (Å²) in [7, 11) is 0. The van der Waals surface area contributed by atoms with Crippen molar-refractivity contribution in [1.29, 1.82) is 0 Å². The van der Waals surface area contributed by atoms with Gasteiger partial charge < -0.3 is 15.3 Å². The summed E-state index contributed by atoms with van der Waals surface area (Å²) in [6.07, 6.45) is 2.48. The van der Waals surface area contributed by atoms with Gasteiger partial charge in [0.05, 0.1) is 0 Å². The fourth-order valence-corrected chi connectivity index (χ4v) is 3.34. The van der Waals surface area contributed by atoms with E-state index in [4.69, 9.17) is 5.11 Å². The minimum absolute atomic E-state index is 0.154. The second-order valence-corrected chi connectivity index (χ2v) is 6.11. The first-order valence-electron chi connectivity index (χ1n) is 6.71. The molecule has 6 nitrogen and oxygen atoms in total. The largest absolute Gasteiger partial charge is 0.476 e. The molecule has 1 aliphatic rings. The Hall–Kier alpha value is -1.47. The monoisotopic (exact) mass is 297 g/mol. The van der Waals surface area contributed by atoms with E-state index in [2.05, 4.69) is 15.2 Å². The summed E-state index contributed by atoms with van der Waals surface area (Å²) >= 11 is 1.11. The lowest BCUT2D eigenvalue weighted by Crippen LogP contribution is -2.32. The Morgan fingerprint density at radius 2 is 2.10 bits per heavy atom. The highest BCUT2D eigenvalue weighted by atomic mass is 32.1. The summed E-state index contributed by atoms with van der Waals surface area (Å²) in [5.41, 5.74) is -0.154. The van der Waals surface area contributed by atoms with E-state index in [9.17, 15) is 9.59 Å². The number of hydrogen-bond donors (Lipinski definition) is 2. The van der Waals surface area contributed by atoms with E-state index < -0.39 is 5.97 Å². The standard InChI is InChI=1S/C13H19N3O3S/c1-8(7-16-5-3-4-6-16)14-13-15-10(12(18)19)11(20-13)9(2)17/h8H,3-7H2,1-2H3,(H,14,15)(H,18,19). The SMILES string of the molecule is CC(=O)c1sc(NC(C)CN2CCCC2)nc1C(=O)O. The smallest absolute Gasteiger partial charge is 0.356 e. The van der Waals surface area contributed by atoms with Crippen LogP contribution in [0.4, 0.5) is 5.13 Å². The molecule has 0 amide bonds. The quantitative estimate of drug-likeness (QED) is 0.781. The van der Waals surface area contributed by atoms with Crippen molar-refractivity contribution in [3.05, 3.63) is 10.6 Å². The summed E-state index contributed by atoms with van der Waals surface area (Å²) < 4.78 is 0. The lowest BCUT2D eigenvalue weighted by Gasteiger charge is -2.20. The van der Waals surface area contributed by atoms with Crippen molar-refractivity contribution in [3.63, 3.8) is 0 Å². The summed E-state index contributed by atoms with van der Waals surface area (Å²) in [6.45, 7) is 6.52. The fourth-order valence-electron chi connectivity index (χ4n) is 2.37. The van der Waals surface area contributed by atoms with E-state index in [-0.39, 0.29) is 22.4 Å². The van der Waals surface area contributed by atoms with Crippen LogP contribution in [0.3, 0.4) is 0 Å². The maximum Gasteiger partial charge on any atom is 0.356 e. The molecule has 1 aromatic heterocycles. The van der Waals surface area contributed by atoms with Crippen LogP contribution < -0.4 is 5.32 Å². The Bertz CT molecular complexity index is 477. The number of hydrogen-bond acceptors (Lipinski definition) is 6. The molecule has 2 heterocycles. The Kier molecular flexibility index (Phi) is 4.72. The first-order chi connectivity index (χ1) is 9.47. The van der Waals surface area contributed by atoms with Gasteiger partial charge in [-0.25, -0.2) is 9.78 Å². The topological polar surface area (TPSA) is 82.5 Å². The third-order valence-corrected chi connectivity index (χ3v) is 4.34. The van der Waals surface area contributed by atoms with E-state index in [1.54, 1.807) is 0 Å². The van der Waals surface area contributed by atoms with Gasteiger partial charge >= 0.3 is 5.97 Å². The fraction of sp³-hybridized carbons (Fsp3) is 0.615. The highest BCUT2D eigenvalue weighted by molar-refractivity contribution is 7.17. The normalized spacial score (nSPS) is 17.1. The molecule has 1 aliphatic heterocycles. The van der Waals surface area contributed by atoms with Crippen molar-refractivity contribution in [1.82, 2.24) is 9.88 Å². The highest BCUT2D eigenvalue weighted by Gasteiger charge is 2.22. The minimum atomic E-state index is -1.16. The van der Waals surface area contributed by atoms with Gasteiger partial charge in [0, 0.05) is 19.5 Å². The maximum absolute atomic E-state index is 11.4. The Labute approximate surface area is 121 Å². The summed E-state index contributed by atoms with van der Waals surface area (Å²) in [6, 6.07) is 0.167. The predicted octanol–water partition coefficient (Wildman–Crippen LogP) is 1.94. The predicted molar refractivity (Wildman–Crippen MR) is 77.8 cm³/mol. The average molecular weight is 297 g/mol. The van der Waals surface area contributed by atoms with Crippen LogP contribution in [-0.2, 0) is 0 Å². The molecule has 0 bridgehead atoms. The molecule has 1 saturated heterocycles. The Balaban J connectivity index is 2.03. The second-order valence-electron chi connectivity index (χ2n) is 5.11. The summed E-state index contributed by atoms with van der Waals surface area (Å²) in [5.74, 6) is -1.42. The molecule has 0 saturated carbocycles. The number of aromatic nitrogens is 1. The second kappa shape index (κ2) is 6.32. The zero-order chi connectivity index (χ0) is 14.7. The lowest BCUT2D eigenvalue weighted by molar-refractivity contribution is 0.0687. The number of nitrogens with one attached hydrogen (secondary N) is 1. The number of aromatic carboxylic acids is 1. The first kappa shape index (κ1) is 14.9. The van der Waals surface area contributed by atoms with Crippen LogP contribution in [0.15, 0.2) is 0 Å². The third kappa shape index (κ3) is 3.55. The van der Waals surface area contributed by atoms with Crippen LogP contribution in [0.25, 0.3) is 0 Å². The number of Topliss-reactive ketones (excluding diaryl/α,β-unsaturated/α-hetero) is 1. The van der Waals surface area contributed by atoms with Crippen molar-refractivity contribution in [2.75, 3.05) is 25.0 Å². The van der Waals surface area contributed by atoms with E-state index >= 15 is 0 Å².